The van der Waals surface area contributed by atoms with Gasteiger partial charge in [0.25, 0.3) is 0 Å². The lowest BCUT2D eigenvalue weighted by molar-refractivity contribution is 4.11. The SMILES string of the molecule is P[B]P[B]P1[B]P[B]P[B]1. The molecule has 1 aliphatic rings. The van der Waals surface area contributed by atoms with Crippen LogP contribution in [0.25, 0.3) is 0 Å². The molecule has 1 aliphatic heterocycles. The summed E-state index contributed by atoms with van der Waals surface area (Å²) in [6.45, 7) is 11.9. The van der Waals surface area contributed by atoms with E-state index < -0.39 is 0 Å². The fourth-order valence-electron chi connectivity index (χ4n) is 0.536. The van der Waals surface area contributed by atoms with Gasteiger partial charge in [0.2, 0.25) is 0 Å². The minimum absolute atomic E-state index is 0.109. The van der Waals surface area contributed by atoms with Crippen LogP contribution < -0.4 is 0 Å². The smallest absolute Gasteiger partial charge is 0.159 e. The molecule has 1 saturated heterocycles. The van der Waals surface area contributed by atoms with Crippen LogP contribution in [-0.2, 0) is 0 Å². The van der Waals surface area contributed by atoms with Gasteiger partial charge in [-0.3, -0.25) is 0 Å². The molecule has 0 aliphatic carbocycles. The summed E-state index contributed by atoms with van der Waals surface area (Å²) in [7, 11) is 5.70. The van der Waals surface area contributed by atoms with Crippen molar-refractivity contribution in [2.45, 2.75) is 0 Å². The fourth-order valence-corrected chi connectivity index (χ4v) is 8.95. The molecule has 1 heterocycles. The van der Waals surface area contributed by atoms with Crippen LogP contribution in [0, 0.1) is 0 Å². The Bertz CT molecular complexity index is 80.1. The highest BCUT2D eigenvalue weighted by molar-refractivity contribution is 8.57. The molecule has 0 aromatic rings. The molecule has 10 heteroatoms. The van der Waals surface area contributed by atoms with Crippen LogP contribution in [0.5, 0.6) is 0 Å². The van der Waals surface area contributed by atoms with Crippen molar-refractivity contribution in [1.29, 1.82) is 0 Å². The van der Waals surface area contributed by atoms with Crippen molar-refractivity contribution in [3.8, 4) is 0 Å². The van der Waals surface area contributed by atoms with E-state index >= 15 is 0 Å². The molecule has 4 atom stereocenters. The maximum atomic E-state index is 2.66. The molecule has 0 saturated carbocycles. The van der Waals surface area contributed by atoms with Gasteiger partial charge in [0.15, 0.2) is 13.4 Å². The maximum absolute atomic E-state index is 2.66. The van der Waals surface area contributed by atoms with E-state index in [1.54, 1.807) is 0 Å². The standard InChI is InChI=1S/B5H5P5/c6-1-7-3-10-4-8-2-9-5-10/h7-9H,6H2. The third-order valence-corrected chi connectivity index (χ3v) is 8.40. The van der Waals surface area contributed by atoms with Gasteiger partial charge < -0.3 is 0 Å². The first kappa shape index (κ1) is 10.6. The first-order chi connectivity index (χ1) is 4.93. The molecule has 45 valence electrons. The summed E-state index contributed by atoms with van der Waals surface area (Å²) < 4.78 is 0. The summed E-state index contributed by atoms with van der Waals surface area (Å²) in [5.41, 5.74) is 0. The highest BCUT2D eigenvalue weighted by Crippen LogP contribution is 2.49. The van der Waals surface area contributed by atoms with Gasteiger partial charge in [-0.25, -0.2) is 7.56 Å². The van der Waals surface area contributed by atoms with E-state index in [2.05, 4.69) is 42.7 Å². The van der Waals surface area contributed by atoms with Gasteiger partial charge in [0, 0.05) is 0 Å². The summed E-state index contributed by atoms with van der Waals surface area (Å²) in [6, 6.07) is 0. The second-order valence-electron chi connectivity index (χ2n) is 1.65. The zero-order valence-electron chi connectivity index (χ0n) is 5.41. The van der Waals surface area contributed by atoms with E-state index in [1.807, 2.05) is 0 Å². The zero-order chi connectivity index (χ0) is 7.23. The molecule has 0 bridgehead atoms. The van der Waals surface area contributed by atoms with Gasteiger partial charge in [0.1, 0.15) is 20.2 Å². The molecule has 1 rings (SSSR count). The van der Waals surface area contributed by atoms with Crippen LogP contribution in [0.15, 0.2) is 0 Å². The fraction of sp³-hybridized carbons (Fsp3) is 0. The number of rotatable bonds is 3. The highest BCUT2D eigenvalue weighted by Gasteiger charge is 2.14. The summed E-state index contributed by atoms with van der Waals surface area (Å²) >= 11 is 0. The summed E-state index contributed by atoms with van der Waals surface area (Å²) in [5, 5.41) is 0. The van der Waals surface area contributed by atoms with Gasteiger partial charge >= 0.3 is 0 Å². The molecule has 0 amide bonds. The van der Waals surface area contributed by atoms with Gasteiger partial charge in [-0.05, 0) is 0 Å². The second kappa shape index (κ2) is 6.93. The minimum atomic E-state index is 0.109. The largest absolute Gasteiger partial charge is 0.210 e. The van der Waals surface area contributed by atoms with E-state index in [9.17, 15) is 0 Å². The molecular formula is H5B5P5. The quantitative estimate of drug-likeness (QED) is 0.486. The van der Waals surface area contributed by atoms with Gasteiger partial charge in [-0.2, -0.15) is 34.1 Å². The van der Waals surface area contributed by atoms with Crippen LogP contribution in [0.4, 0.5) is 0 Å². The molecule has 10 heavy (non-hydrogen) atoms. The molecule has 0 nitrogen and oxygen atoms in total. The first-order valence-electron chi connectivity index (χ1n) is 2.84. The van der Waals surface area contributed by atoms with Crippen molar-refractivity contribution < 1.29 is 0 Å². The topological polar surface area (TPSA) is 0 Å². The van der Waals surface area contributed by atoms with E-state index in [0.29, 0.717) is 0 Å². The Kier molecular flexibility index (Phi) is 7.32. The van der Waals surface area contributed by atoms with E-state index in [-0.39, 0.29) is 7.56 Å². The first-order valence-corrected chi connectivity index (χ1v) is 8.52. The Balaban J connectivity index is 2.02. The van der Waals surface area contributed by atoms with Crippen molar-refractivity contribution in [3.05, 3.63) is 0 Å². The van der Waals surface area contributed by atoms with Crippen molar-refractivity contribution in [2.75, 3.05) is 0 Å². The summed E-state index contributed by atoms with van der Waals surface area (Å²) in [4.78, 5) is 0. The lowest BCUT2D eigenvalue weighted by atomic mass is 10.6. The van der Waals surface area contributed by atoms with Crippen molar-refractivity contribution in [3.63, 3.8) is 0 Å². The Hall–Kier alpha value is 2.47. The third-order valence-electron chi connectivity index (χ3n) is 0.934. The predicted octanol–water partition coefficient (Wildman–Crippen LogP) is 1.06. The number of hydrogen-bond acceptors (Lipinski definition) is 0. The summed E-state index contributed by atoms with van der Waals surface area (Å²) in [5.74, 6) is 0. The van der Waals surface area contributed by atoms with Crippen molar-refractivity contribution in [1.82, 2.24) is 0 Å². The van der Waals surface area contributed by atoms with Crippen LogP contribution >= 0.6 is 41.7 Å². The molecule has 0 spiro atoms. The van der Waals surface area contributed by atoms with E-state index in [0.717, 1.165) is 25.0 Å². The maximum Gasteiger partial charge on any atom is 0.159 e. The minimum Gasteiger partial charge on any atom is -0.210 e. The van der Waals surface area contributed by atoms with Crippen LogP contribution in [0.1, 0.15) is 0 Å². The zero-order valence-corrected chi connectivity index (χ0v) is 10.5. The van der Waals surface area contributed by atoms with Gasteiger partial charge in [0.05, 0.1) is 0 Å². The lowest BCUT2D eigenvalue weighted by Crippen LogP contribution is -2.00. The Morgan fingerprint density at radius 2 is 2.10 bits per heavy atom. The highest BCUT2D eigenvalue weighted by atomic mass is 31.2. The Morgan fingerprint density at radius 3 is 2.70 bits per heavy atom. The van der Waals surface area contributed by atoms with Crippen molar-refractivity contribution >= 4 is 75.3 Å². The average Bonchev–Trinajstić information content (AvgIpc) is 2.03. The van der Waals surface area contributed by atoms with Gasteiger partial charge in [-0.15, -0.1) is 0 Å². The van der Waals surface area contributed by atoms with Crippen LogP contribution in [-0.4, -0.2) is 33.6 Å². The van der Waals surface area contributed by atoms with E-state index in [4.69, 9.17) is 0 Å². The molecular weight excluding hydrogens is 209 g/mol. The average molecular weight is 214 g/mol. The normalized spacial score (nSPS) is 29.5. The molecule has 0 aromatic carbocycles. The van der Waals surface area contributed by atoms with Gasteiger partial charge in [-0.1, -0.05) is 0 Å². The van der Waals surface area contributed by atoms with Crippen molar-refractivity contribution in [2.24, 2.45) is 0 Å². The monoisotopic (exact) mass is 215 g/mol. The second-order valence-corrected chi connectivity index (χ2v) is 9.13. The van der Waals surface area contributed by atoms with Crippen LogP contribution in [0.2, 0.25) is 0 Å². The lowest BCUT2D eigenvalue weighted by Gasteiger charge is -2.19. The number of hydrogen-bond donors (Lipinski definition) is 0. The van der Waals surface area contributed by atoms with Crippen LogP contribution in [0.3, 0.4) is 0 Å². The Morgan fingerprint density at radius 1 is 1.40 bits per heavy atom. The predicted molar refractivity (Wildman–Crippen MR) is 70.3 cm³/mol. The summed E-state index contributed by atoms with van der Waals surface area (Å²) in [6.07, 6.45) is 0. The third kappa shape index (κ3) is 4.49. The molecule has 0 N–H and O–H groups in total. The van der Waals surface area contributed by atoms with E-state index in [1.165, 1.54) is 0 Å². The molecule has 1 fully saturated rings. The Labute approximate surface area is 75.5 Å². The molecule has 4 unspecified atom stereocenters. The molecule has 0 aromatic heterocycles. The molecule has 5 radical (unpaired) electrons.